The van der Waals surface area contributed by atoms with Crippen LogP contribution in [0.3, 0.4) is 0 Å². The van der Waals surface area contributed by atoms with Crippen molar-refractivity contribution in [2.45, 2.75) is 34.6 Å². The molecule has 0 fully saturated rings. The van der Waals surface area contributed by atoms with Crippen LogP contribution in [0.1, 0.15) is 34.6 Å². The fourth-order valence-corrected chi connectivity index (χ4v) is 3.11. The summed E-state index contributed by atoms with van der Waals surface area (Å²) in [5.74, 6) is 3.38. The number of hydrogen-bond acceptors (Lipinski definition) is 3. The topological polar surface area (TPSA) is 27.7 Å². The van der Waals surface area contributed by atoms with Gasteiger partial charge < -0.3 is 13.3 Å². The van der Waals surface area contributed by atoms with E-state index in [0.29, 0.717) is 25.7 Å². The van der Waals surface area contributed by atoms with Crippen molar-refractivity contribution in [2.24, 2.45) is 5.92 Å². The molecule has 0 aliphatic rings. The lowest BCUT2D eigenvalue weighted by Crippen LogP contribution is -2.45. The highest BCUT2D eigenvalue weighted by Gasteiger charge is 2.39. The Morgan fingerprint density at radius 2 is 1.33 bits per heavy atom. The average molecular weight is 230 g/mol. The maximum absolute atomic E-state index is 5.58. The van der Waals surface area contributed by atoms with Crippen LogP contribution in [0.4, 0.5) is 0 Å². The van der Waals surface area contributed by atoms with Crippen LogP contribution in [0.5, 0.6) is 0 Å². The number of hydrogen-bond donors (Lipinski definition) is 0. The summed E-state index contributed by atoms with van der Waals surface area (Å²) < 4.78 is 16.7. The van der Waals surface area contributed by atoms with Crippen molar-refractivity contribution in [1.82, 2.24) is 0 Å². The molecule has 0 N–H and O–H groups in total. The fraction of sp³-hybridized carbons (Fsp3) is 0.818. The Kier molecular flexibility index (Phi) is 7.70. The lowest BCUT2D eigenvalue weighted by atomic mass is 10.2. The first kappa shape index (κ1) is 14.7. The molecule has 0 aromatic heterocycles. The van der Waals surface area contributed by atoms with Crippen molar-refractivity contribution >= 4 is 8.80 Å². The van der Waals surface area contributed by atoms with E-state index in [1.54, 1.807) is 0 Å². The summed E-state index contributed by atoms with van der Waals surface area (Å²) >= 11 is 0. The Morgan fingerprint density at radius 3 is 1.60 bits per heavy atom. The third-order valence-electron chi connectivity index (χ3n) is 1.52. The monoisotopic (exact) mass is 230 g/mol. The zero-order valence-corrected chi connectivity index (χ0v) is 11.4. The van der Waals surface area contributed by atoms with E-state index >= 15 is 0 Å². The van der Waals surface area contributed by atoms with Gasteiger partial charge in [0.15, 0.2) is 0 Å². The standard InChI is InChI=1S/C11H22O3Si/c1-6-12-15(13-7-2,14-8-3)10-9-11(4)5/h11H,6-8H2,1-5H3. The van der Waals surface area contributed by atoms with Crippen LogP contribution in [0.2, 0.25) is 0 Å². The zero-order chi connectivity index (χ0) is 11.7. The third-order valence-corrected chi connectivity index (χ3v) is 3.97. The molecule has 0 atom stereocenters. The van der Waals surface area contributed by atoms with E-state index in [2.05, 4.69) is 11.5 Å². The quantitative estimate of drug-likeness (QED) is 0.517. The SMILES string of the molecule is CCO[Si](C#CC(C)C)(OCC)OCC. The molecular formula is C11H22O3Si. The second-order valence-corrected chi connectivity index (χ2v) is 5.51. The first-order valence-electron chi connectivity index (χ1n) is 5.54. The molecule has 0 saturated carbocycles. The molecule has 0 amide bonds. The molecule has 3 nitrogen and oxygen atoms in total. The van der Waals surface area contributed by atoms with E-state index in [1.165, 1.54) is 0 Å². The van der Waals surface area contributed by atoms with Crippen molar-refractivity contribution in [1.29, 1.82) is 0 Å². The van der Waals surface area contributed by atoms with Gasteiger partial charge in [-0.1, -0.05) is 19.8 Å². The Balaban J connectivity index is 4.69. The predicted molar refractivity (Wildman–Crippen MR) is 63.2 cm³/mol. The molecule has 0 heterocycles. The molecule has 0 aromatic rings. The maximum Gasteiger partial charge on any atom is 0.591 e. The molecular weight excluding hydrogens is 208 g/mol. The third kappa shape index (κ3) is 5.95. The second-order valence-electron chi connectivity index (χ2n) is 3.28. The summed E-state index contributed by atoms with van der Waals surface area (Å²) in [7, 11) is -2.72. The van der Waals surface area contributed by atoms with Crippen molar-refractivity contribution in [3.05, 3.63) is 0 Å². The smallest absolute Gasteiger partial charge is 0.364 e. The molecule has 0 radical (unpaired) electrons. The van der Waals surface area contributed by atoms with Crippen LogP contribution in [-0.2, 0) is 13.3 Å². The van der Waals surface area contributed by atoms with Gasteiger partial charge >= 0.3 is 8.80 Å². The van der Waals surface area contributed by atoms with E-state index in [0.717, 1.165) is 0 Å². The summed E-state index contributed by atoms with van der Waals surface area (Å²) in [6.45, 7) is 11.6. The largest absolute Gasteiger partial charge is 0.591 e. The highest BCUT2D eigenvalue weighted by molar-refractivity contribution is 6.69. The lowest BCUT2D eigenvalue weighted by molar-refractivity contribution is 0.0870. The van der Waals surface area contributed by atoms with E-state index in [9.17, 15) is 0 Å². The van der Waals surface area contributed by atoms with Gasteiger partial charge in [-0.2, -0.15) is 0 Å². The second kappa shape index (κ2) is 7.89. The molecule has 0 rings (SSSR count). The minimum absolute atomic E-state index is 0.304. The minimum atomic E-state index is -2.72. The molecule has 0 aromatic carbocycles. The van der Waals surface area contributed by atoms with Gasteiger partial charge in [-0.25, -0.2) is 0 Å². The molecule has 0 aliphatic heterocycles. The first-order valence-corrected chi connectivity index (χ1v) is 7.27. The van der Waals surface area contributed by atoms with Gasteiger partial charge in [-0.05, 0) is 26.3 Å². The van der Waals surface area contributed by atoms with Gasteiger partial charge in [0, 0.05) is 25.7 Å². The summed E-state index contributed by atoms with van der Waals surface area (Å²) in [5.41, 5.74) is 3.06. The van der Waals surface area contributed by atoms with Gasteiger partial charge in [0.05, 0.1) is 0 Å². The molecule has 15 heavy (non-hydrogen) atoms. The Bertz CT molecular complexity index is 201. The zero-order valence-electron chi connectivity index (χ0n) is 10.4. The first-order chi connectivity index (χ1) is 7.10. The van der Waals surface area contributed by atoms with Gasteiger partial charge in [0.1, 0.15) is 0 Å². The molecule has 0 bridgehead atoms. The molecule has 0 spiro atoms. The summed E-state index contributed by atoms with van der Waals surface area (Å²) in [5, 5.41) is 0. The van der Waals surface area contributed by atoms with Gasteiger partial charge in [-0.15, -0.1) is 0 Å². The Labute approximate surface area is 94.5 Å². The van der Waals surface area contributed by atoms with Crippen LogP contribution >= 0.6 is 0 Å². The molecule has 4 heteroatoms. The summed E-state index contributed by atoms with van der Waals surface area (Å²) in [4.78, 5) is 0. The van der Waals surface area contributed by atoms with E-state index in [1.807, 2.05) is 34.6 Å². The highest BCUT2D eigenvalue weighted by Crippen LogP contribution is 2.09. The Hall–Kier alpha value is -0.343. The Morgan fingerprint density at radius 1 is 0.933 bits per heavy atom. The van der Waals surface area contributed by atoms with Crippen LogP contribution < -0.4 is 0 Å². The lowest BCUT2D eigenvalue weighted by Gasteiger charge is -2.22. The highest BCUT2D eigenvalue weighted by atomic mass is 28.4. The predicted octanol–water partition coefficient (Wildman–Crippen LogP) is 2.23. The summed E-state index contributed by atoms with van der Waals surface area (Å²) in [6.07, 6.45) is 0. The van der Waals surface area contributed by atoms with E-state index in [4.69, 9.17) is 13.3 Å². The van der Waals surface area contributed by atoms with Crippen molar-refractivity contribution < 1.29 is 13.3 Å². The van der Waals surface area contributed by atoms with Crippen LogP contribution in [-0.4, -0.2) is 28.6 Å². The van der Waals surface area contributed by atoms with Crippen molar-refractivity contribution in [3.8, 4) is 11.5 Å². The number of rotatable bonds is 6. The molecule has 0 saturated heterocycles. The maximum atomic E-state index is 5.58. The van der Waals surface area contributed by atoms with Crippen molar-refractivity contribution in [3.63, 3.8) is 0 Å². The van der Waals surface area contributed by atoms with E-state index in [-0.39, 0.29) is 0 Å². The van der Waals surface area contributed by atoms with Gasteiger partial charge in [0.2, 0.25) is 0 Å². The van der Waals surface area contributed by atoms with Crippen molar-refractivity contribution in [2.75, 3.05) is 19.8 Å². The van der Waals surface area contributed by atoms with Crippen LogP contribution in [0.25, 0.3) is 0 Å². The molecule has 0 unspecified atom stereocenters. The molecule has 88 valence electrons. The minimum Gasteiger partial charge on any atom is -0.364 e. The van der Waals surface area contributed by atoms with Crippen LogP contribution in [0, 0.1) is 17.4 Å². The van der Waals surface area contributed by atoms with Gasteiger partial charge in [-0.3, -0.25) is 0 Å². The fourth-order valence-electron chi connectivity index (χ4n) is 1.04. The van der Waals surface area contributed by atoms with Gasteiger partial charge in [0.25, 0.3) is 0 Å². The summed E-state index contributed by atoms with van der Waals surface area (Å²) in [6, 6.07) is 0. The normalized spacial score (nSPS) is 11.3. The van der Waals surface area contributed by atoms with Crippen LogP contribution in [0.15, 0.2) is 0 Å². The van der Waals surface area contributed by atoms with E-state index < -0.39 is 8.80 Å². The molecule has 0 aliphatic carbocycles. The average Bonchev–Trinajstić information content (AvgIpc) is 2.16.